The second-order valence-electron chi connectivity index (χ2n) is 3.94. The summed E-state index contributed by atoms with van der Waals surface area (Å²) < 4.78 is 14.1. The van der Waals surface area contributed by atoms with Gasteiger partial charge in [-0.15, -0.1) is 11.8 Å². The van der Waals surface area contributed by atoms with Gasteiger partial charge >= 0.3 is 5.97 Å². The number of thioether (sulfide) groups is 1. The number of carboxylic acid groups (broad SMARTS) is 1. The molecule has 0 aromatic heterocycles. The first-order valence-corrected chi connectivity index (χ1v) is 7.73. The van der Waals surface area contributed by atoms with Crippen LogP contribution >= 0.6 is 39.3 Å². The van der Waals surface area contributed by atoms with Crippen LogP contribution in [0.25, 0.3) is 0 Å². The normalized spacial score (nSPS) is 10.6. The molecule has 0 aliphatic heterocycles. The first kappa shape index (κ1) is 15.4. The van der Waals surface area contributed by atoms with E-state index in [0.29, 0.717) is 20.8 Å². The second kappa shape index (κ2) is 6.61. The van der Waals surface area contributed by atoms with Gasteiger partial charge in [-0.3, -0.25) is 0 Å². The first-order chi connectivity index (χ1) is 9.49. The van der Waals surface area contributed by atoms with Crippen molar-refractivity contribution in [2.24, 2.45) is 0 Å². The molecule has 2 aromatic rings. The third-order valence-electron chi connectivity index (χ3n) is 2.61. The highest BCUT2D eigenvalue weighted by atomic mass is 79.9. The molecule has 0 unspecified atom stereocenters. The fourth-order valence-electron chi connectivity index (χ4n) is 1.58. The molecule has 0 heterocycles. The van der Waals surface area contributed by atoms with Crippen molar-refractivity contribution in [2.75, 3.05) is 0 Å². The molecule has 0 bridgehead atoms. The van der Waals surface area contributed by atoms with Crippen molar-refractivity contribution in [3.8, 4) is 0 Å². The average molecular weight is 376 g/mol. The summed E-state index contributed by atoms with van der Waals surface area (Å²) in [6.45, 7) is 0. The molecule has 2 aromatic carbocycles. The number of benzene rings is 2. The Hall–Kier alpha value is -1.04. The molecular weight excluding hydrogens is 367 g/mol. The lowest BCUT2D eigenvalue weighted by molar-refractivity contribution is 0.0695. The van der Waals surface area contributed by atoms with E-state index in [9.17, 15) is 9.18 Å². The van der Waals surface area contributed by atoms with Crippen LogP contribution in [0.1, 0.15) is 15.9 Å². The molecule has 20 heavy (non-hydrogen) atoms. The van der Waals surface area contributed by atoms with Crippen LogP contribution in [-0.4, -0.2) is 11.1 Å². The molecule has 0 radical (unpaired) electrons. The topological polar surface area (TPSA) is 37.3 Å². The lowest BCUT2D eigenvalue weighted by Crippen LogP contribution is -1.97. The summed E-state index contributed by atoms with van der Waals surface area (Å²) in [6, 6.07) is 9.52. The number of hydrogen-bond donors (Lipinski definition) is 1. The average Bonchev–Trinajstić information content (AvgIpc) is 2.39. The molecule has 0 fully saturated rings. The van der Waals surface area contributed by atoms with Crippen LogP contribution in [-0.2, 0) is 5.75 Å². The molecule has 0 aliphatic carbocycles. The van der Waals surface area contributed by atoms with Crippen molar-refractivity contribution in [3.63, 3.8) is 0 Å². The van der Waals surface area contributed by atoms with E-state index in [2.05, 4.69) is 15.9 Å². The van der Waals surface area contributed by atoms with Crippen molar-refractivity contribution in [2.45, 2.75) is 10.6 Å². The quantitative estimate of drug-likeness (QED) is 0.743. The Balaban J connectivity index is 2.19. The number of carboxylic acids is 1. The smallest absolute Gasteiger partial charge is 0.336 e. The van der Waals surface area contributed by atoms with Crippen molar-refractivity contribution in [1.29, 1.82) is 0 Å². The van der Waals surface area contributed by atoms with Crippen molar-refractivity contribution >= 4 is 45.3 Å². The SMILES string of the molecule is O=C(O)c1cc(SCc2c(F)cccc2Cl)ccc1Br. The third-order valence-corrected chi connectivity index (χ3v) is 4.68. The Labute approximate surface area is 133 Å². The van der Waals surface area contributed by atoms with Crippen LogP contribution in [0.3, 0.4) is 0 Å². The monoisotopic (exact) mass is 374 g/mol. The van der Waals surface area contributed by atoms with Crippen molar-refractivity contribution in [1.82, 2.24) is 0 Å². The van der Waals surface area contributed by atoms with Crippen LogP contribution in [0.5, 0.6) is 0 Å². The second-order valence-corrected chi connectivity index (χ2v) is 6.25. The van der Waals surface area contributed by atoms with Crippen molar-refractivity contribution < 1.29 is 14.3 Å². The Bertz CT molecular complexity index is 643. The zero-order valence-corrected chi connectivity index (χ0v) is 13.2. The Morgan fingerprint density at radius 3 is 2.75 bits per heavy atom. The predicted octanol–water partition coefficient (Wildman–Crippen LogP) is 5.23. The lowest BCUT2D eigenvalue weighted by Gasteiger charge is -2.07. The van der Waals surface area contributed by atoms with Gasteiger partial charge in [0.2, 0.25) is 0 Å². The Kier molecular flexibility index (Phi) is 5.07. The summed E-state index contributed by atoms with van der Waals surface area (Å²) in [4.78, 5) is 11.8. The molecule has 1 N–H and O–H groups in total. The molecule has 2 nitrogen and oxygen atoms in total. The molecule has 0 atom stereocenters. The maximum Gasteiger partial charge on any atom is 0.336 e. The summed E-state index contributed by atoms with van der Waals surface area (Å²) in [6.07, 6.45) is 0. The number of carbonyl (C=O) groups is 1. The Morgan fingerprint density at radius 1 is 1.35 bits per heavy atom. The number of rotatable bonds is 4. The summed E-state index contributed by atoms with van der Waals surface area (Å²) in [7, 11) is 0. The maximum atomic E-state index is 13.6. The van der Waals surface area contributed by atoms with Gasteiger partial charge in [0.05, 0.1) is 5.56 Å². The van der Waals surface area contributed by atoms with Crippen LogP contribution in [0.15, 0.2) is 45.8 Å². The van der Waals surface area contributed by atoms with Crippen LogP contribution < -0.4 is 0 Å². The largest absolute Gasteiger partial charge is 0.478 e. The summed E-state index contributed by atoms with van der Waals surface area (Å²) in [5.74, 6) is -1.03. The predicted molar refractivity (Wildman–Crippen MR) is 82.1 cm³/mol. The zero-order chi connectivity index (χ0) is 14.7. The summed E-state index contributed by atoms with van der Waals surface area (Å²) >= 11 is 10.5. The highest BCUT2D eigenvalue weighted by Gasteiger charge is 2.11. The highest BCUT2D eigenvalue weighted by molar-refractivity contribution is 9.10. The summed E-state index contributed by atoms with van der Waals surface area (Å²) in [5.41, 5.74) is 0.591. The van der Waals surface area contributed by atoms with Crippen molar-refractivity contribution in [3.05, 3.63) is 62.8 Å². The van der Waals surface area contributed by atoms with Crippen LogP contribution in [0.4, 0.5) is 4.39 Å². The van der Waals surface area contributed by atoms with E-state index in [1.54, 1.807) is 30.3 Å². The van der Waals surface area contributed by atoms with Gasteiger partial charge in [0, 0.05) is 25.7 Å². The van der Waals surface area contributed by atoms with Crippen LogP contribution in [0.2, 0.25) is 5.02 Å². The van der Waals surface area contributed by atoms with E-state index in [-0.39, 0.29) is 11.4 Å². The minimum atomic E-state index is -1.01. The number of halogens is 3. The van der Waals surface area contributed by atoms with Gasteiger partial charge in [-0.05, 0) is 46.3 Å². The molecule has 0 amide bonds. The van der Waals surface area contributed by atoms with Gasteiger partial charge in [0.25, 0.3) is 0 Å². The summed E-state index contributed by atoms with van der Waals surface area (Å²) in [5, 5.41) is 9.41. The van der Waals surface area contributed by atoms with E-state index in [4.69, 9.17) is 16.7 Å². The van der Waals surface area contributed by atoms with Gasteiger partial charge in [0.15, 0.2) is 0 Å². The molecule has 6 heteroatoms. The van der Waals surface area contributed by atoms with Gasteiger partial charge < -0.3 is 5.11 Å². The molecule has 0 spiro atoms. The maximum absolute atomic E-state index is 13.6. The van der Waals surface area contributed by atoms with Gasteiger partial charge in [-0.1, -0.05) is 17.7 Å². The van der Waals surface area contributed by atoms with Gasteiger partial charge in [-0.25, -0.2) is 9.18 Å². The fourth-order valence-corrected chi connectivity index (χ4v) is 3.28. The van der Waals surface area contributed by atoms with E-state index >= 15 is 0 Å². The van der Waals surface area contributed by atoms with Gasteiger partial charge in [-0.2, -0.15) is 0 Å². The van der Waals surface area contributed by atoms with E-state index in [1.807, 2.05) is 0 Å². The number of hydrogen-bond acceptors (Lipinski definition) is 2. The van der Waals surface area contributed by atoms with E-state index < -0.39 is 5.97 Å². The molecule has 0 saturated carbocycles. The lowest BCUT2D eigenvalue weighted by atomic mass is 10.2. The van der Waals surface area contributed by atoms with E-state index in [0.717, 1.165) is 4.90 Å². The fraction of sp³-hybridized carbons (Fsp3) is 0.0714. The molecule has 104 valence electrons. The molecule has 2 rings (SSSR count). The number of aromatic carboxylic acids is 1. The minimum Gasteiger partial charge on any atom is -0.478 e. The first-order valence-electron chi connectivity index (χ1n) is 5.57. The zero-order valence-electron chi connectivity index (χ0n) is 10.1. The molecule has 0 aliphatic rings. The molecular formula is C14H9BrClFO2S. The standard InChI is InChI=1S/C14H9BrClFO2S/c15-11-5-4-8(6-9(11)14(18)19)20-7-10-12(16)2-1-3-13(10)17/h1-6H,7H2,(H,18,19). The van der Waals surface area contributed by atoms with Crippen LogP contribution in [0, 0.1) is 5.82 Å². The van der Waals surface area contributed by atoms with E-state index in [1.165, 1.54) is 17.8 Å². The van der Waals surface area contributed by atoms with Gasteiger partial charge in [0.1, 0.15) is 5.82 Å². The minimum absolute atomic E-state index is 0.176. The highest BCUT2D eigenvalue weighted by Crippen LogP contribution is 2.30. The molecule has 0 saturated heterocycles. The third kappa shape index (κ3) is 3.53. The Morgan fingerprint density at radius 2 is 2.10 bits per heavy atom.